The first-order chi connectivity index (χ1) is 8.81. The van der Waals surface area contributed by atoms with Crippen LogP contribution < -0.4 is 5.73 Å². The van der Waals surface area contributed by atoms with E-state index in [0.29, 0.717) is 0 Å². The third-order valence-electron chi connectivity index (χ3n) is 3.64. The summed E-state index contributed by atoms with van der Waals surface area (Å²) in [6.45, 7) is 2.13. The monoisotopic (exact) mass is 235 g/mol. The van der Waals surface area contributed by atoms with Crippen molar-refractivity contribution in [3.63, 3.8) is 0 Å². The highest BCUT2D eigenvalue weighted by molar-refractivity contribution is 6.09. The zero-order chi connectivity index (χ0) is 12.5. The van der Waals surface area contributed by atoms with Gasteiger partial charge in [-0.05, 0) is 39.6 Å². The van der Waals surface area contributed by atoms with Crippen LogP contribution in [0.25, 0.3) is 21.5 Å². The highest BCUT2D eigenvalue weighted by Gasteiger charge is 2.10. The van der Waals surface area contributed by atoms with Crippen molar-refractivity contribution in [2.75, 3.05) is 0 Å². The second-order valence-corrected chi connectivity index (χ2v) is 4.75. The summed E-state index contributed by atoms with van der Waals surface area (Å²) in [5.74, 6) is 0. The fourth-order valence-electron chi connectivity index (χ4n) is 2.61. The van der Waals surface area contributed by atoms with Crippen LogP contribution in [0.3, 0.4) is 0 Å². The molecule has 90 valence electrons. The van der Waals surface area contributed by atoms with E-state index in [0.717, 1.165) is 6.42 Å². The molecule has 0 aromatic heterocycles. The average molecular weight is 235 g/mol. The van der Waals surface area contributed by atoms with Crippen molar-refractivity contribution >= 4 is 21.5 Å². The van der Waals surface area contributed by atoms with E-state index in [1.807, 2.05) is 0 Å². The van der Waals surface area contributed by atoms with Crippen molar-refractivity contribution in [3.8, 4) is 0 Å². The minimum Gasteiger partial charge on any atom is -0.324 e. The molecule has 0 saturated carbocycles. The number of nitrogens with two attached hydrogens (primary N) is 1. The van der Waals surface area contributed by atoms with E-state index in [1.165, 1.54) is 27.1 Å². The second kappa shape index (κ2) is 4.43. The van der Waals surface area contributed by atoms with Crippen molar-refractivity contribution in [2.24, 2.45) is 5.73 Å². The van der Waals surface area contributed by atoms with Gasteiger partial charge in [0.05, 0.1) is 0 Å². The molecule has 0 radical (unpaired) electrons. The number of fused-ring (bicyclic) bond motifs is 3. The molecule has 0 saturated heterocycles. The molecule has 0 unspecified atom stereocenters. The van der Waals surface area contributed by atoms with Gasteiger partial charge in [0.25, 0.3) is 0 Å². The van der Waals surface area contributed by atoms with Gasteiger partial charge in [-0.3, -0.25) is 0 Å². The molecular formula is C17H17N. The Hall–Kier alpha value is -1.86. The molecule has 0 heterocycles. The van der Waals surface area contributed by atoms with E-state index < -0.39 is 0 Å². The van der Waals surface area contributed by atoms with E-state index in [4.69, 9.17) is 5.73 Å². The van der Waals surface area contributed by atoms with Gasteiger partial charge in [-0.25, -0.2) is 0 Å². The molecule has 1 nitrogen and oxygen atoms in total. The Balaban J connectivity index is 2.46. The lowest BCUT2D eigenvalue weighted by Crippen LogP contribution is -2.09. The van der Waals surface area contributed by atoms with Crippen LogP contribution in [0.4, 0.5) is 0 Å². The van der Waals surface area contributed by atoms with Gasteiger partial charge in [0.2, 0.25) is 0 Å². The van der Waals surface area contributed by atoms with E-state index in [9.17, 15) is 0 Å². The lowest BCUT2D eigenvalue weighted by molar-refractivity contribution is 0.705. The molecule has 0 fully saturated rings. The number of hydrogen-bond donors (Lipinski definition) is 1. The van der Waals surface area contributed by atoms with Crippen molar-refractivity contribution in [1.29, 1.82) is 0 Å². The molecule has 1 heteroatoms. The Morgan fingerprint density at radius 3 is 2.22 bits per heavy atom. The molecule has 0 aliphatic rings. The van der Waals surface area contributed by atoms with Gasteiger partial charge in [-0.1, -0.05) is 55.5 Å². The Morgan fingerprint density at radius 1 is 0.889 bits per heavy atom. The Bertz CT molecular complexity index is 700. The molecule has 2 N–H and O–H groups in total. The first kappa shape index (κ1) is 11.2. The third-order valence-corrected chi connectivity index (χ3v) is 3.64. The predicted molar refractivity (Wildman–Crippen MR) is 78.7 cm³/mol. The smallest absolute Gasteiger partial charge is 0.0298 e. The normalized spacial score (nSPS) is 13.0. The number of benzene rings is 3. The Kier molecular flexibility index (Phi) is 2.77. The quantitative estimate of drug-likeness (QED) is 0.654. The van der Waals surface area contributed by atoms with E-state index in [1.54, 1.807) is 0 Å². The summed E-state index contributed by atoms with van der Waals surface area (Å²) >= 11 is 0. The van der Waals surface area contributed by atoms with Gasteiger partial charge < -0.3 is 5.73 Å². The summed E-state index contributed by atoms with van der Waals surface area (Å²) in [4.78, 5) is 0. The summed E-state index contributed by atoms with van der Waals surface area (Å²) in [6, 6.07) is 19.4. The van der Waals surface area contributed by atoms with Crippen molar-refractivity contribution in [2.45, 2.75) is 19.4 Å². The summed E-state index contributed by atoms with van der Waals surface area (Å²) < 4.78 is 0. The molecular weight excluding hydrogens is 218 g/mol. The van der Waals surface area contributed by atoms with Gasteiger partial charge >= 0.3 is 0 Å². The van der Waals surface area contributed by atoms with Crippen LogP contribution in [0.2, 0.25) is 0 Å². The Morgan fingerprint density at radius 2 is 1.50 bits per heavy atom. The van der Waals surface area contributed by atoms with Crippen LogP contribution in [0.5, 0.6) is 0 Å². The molecule has 0 bridgehead atoms. The maximum absolute atomic E-state index is 6.25. The number of hydrogen-bond acceptors (Lipinski definition) is 1. The van der Waals surface area contributed by atoms with E-state index >= 15 is 0 Å². The average Bonchev–Trinajstić information content (AvgIpc) is 2.45. The van der Waals surface area contributed by atoms with Crippen LogP contribution in [-0.2, 0) is 0 Å². The summed E-state index contributed by atoms with van der Waals surface area (Å²) in [7, 11) is 0. The molecule has 3 aromatic rings. The predicted octanol–water partition coefficient (Wildman–Crippen LogP) is 4.40. The number of rotatable bonds is 2. The maximum atomic E-state index is 6.25. The molecule has 1 atom stereocenters. The van der Waals surface area contributed by atoms with Gasteiger partial charge in [-0.15, -0.1) is 0 Å². The van der Waals surface area contributed by atoms with Crippen molar-refractivity contribution in [1.82, 2.24) is 0 Å². The molecule has 18 heavy (non-hydrogen) atoms. The van der Waals surface area contributed by atoms with E-state index in [2.05, 4.69) is 61.5 Å². The highest BCUT2D eigenvalue weighted by atomic mass is 14.6. The first-order valence-electron chi connectivity index (χ1n) is 6.47. The molecule has 3 rings (SSSR count). The minimum atomic E-state index is 0.111. The van der Waals surface area contributed by atoms with Crippen molar-refractivity contribution < 1.29 is 0 Å². The molecule has 0 amide bonds. The third kappa shape index (κ3) is 1.68. The summed E-state index contributed by atoms with van der Waals surface area (Å²) in [6.07, 6.45) is 0.961. The second-order valence-electron chi connectivity index (χ2n) is 4.75. The van der Waals surface area contributed by atoms with Gasteiger partial charge in [0.1, 0.15) is 0 Å². The highest BCUT2D eigenvalue weighted by Crippen LogP contribution is 2.31. The van der Waals surface area contributed by atoms with E-state index in [-0.39, 0.29) is 6.04 Å². The summed E-state index contributed by atoms with van der Waals surface area (Å²) in [5, 5.41) is 5.16. The largest absolute Gasteiger partial charge is 0.324 e. The Labute approximate surface area is 107 Å². The van der Waals surface area contributed by atoms with Crippen LogP contribution in [0, 0.1) is 0 Å². The standard InChI is InChI=1S/C17H17N/c1-2-17(18)16-11-12-7-3-4-8-13(12)14-9-5-6-10-15(14)16/h3-11,17H,2,18H2,1H3/t17-/m1/s1. The first-order valence-corrected chi connectivity index (χ1v) is 6.47. The lowest BCUT2D eigenvalue weighted by atomic mass is 9.93. The maximum Gasteiger partial charge on any atom is 0.0298 e. The van der Waals surface area contributed by atoms with Crippen LogP contribution >= 0.6 is 0 Å². The summed E-state index contributed by atoms with van der Waals surface area (Å²) in [5.41, 5.74) is 7.51. The lowest BCUT2D eigenvalue weighted by Gasteiger charge is -2.15. The fraction of sp³-hybridized carbons (Fsp3) is 0.176. The molecule has 3 aromatic carbocycles. The fourth-order valence-corrected chi connectivity index (χ4v) is 2.61. The minimum absolute atomic E-state index is 0.111. The van der Waals surface area contributed by atoms with Crippen LogP contribution in [-0.4, -0.2) is 0 Å². The van der Waals surface area contributed by atoms with Crippen LogP contribution in [0.15, 0.2) is 54.6 Å². The van der Waals surface area contributed by atoms with Crippen LogP contribution in [0.1, 0.15) is 24.9 Å². The van der Waals surface area contributed by atoms with Gasteiger partial charge in [0, 0.05) is 6.04 Å². The molecule has 0 aliphatic carbocycles. The van der Waals surface area contributed by atoms with Crippen molar-refractivity contribution in [3.05, 3.63) is 60.2 Å². The topological polar surface area (TPSA) is 26.0 Å². The molecule has 0 aliphatic heterocycles. The zero-order valence-corrected chi connectivity index (χ0v) is 10.6. The molecule has 0 spiro atoms. The van der Waals surface area contributed by atoms with Gasteiger partial charge in [0.15, 0.2) is 0 Å². The van der Waals surface area contributed by atoms with Gasteiger partial charge in [-0.2, -0.15) is 0 Å². The SMILES string of the molecule is CC[C@@H](N)c1cc2ccccc2c2ccccc12. The zero-order valence-electron chi connectivity index (χ0n) is 10.6.